The molecule has 6 atom stereocenters. The van der Waals surface area contributed by atoms with Gasteiger partial charge in [0, 0.05) is 36.7 Å². The van der Waals surface area contributed by atoms with E-state index < -0.39 is 69.5 Å². The van der Waals surface area contributed by atoms with Crippen LogP contribution in [0.25, 0.3) is 0 Å². The van der Waals surface area contributed by atoms with Crippen molar-refractivity contribution in [2.24, 2.45) is 16.3 Å². The maximum Gasteiger partial charge on any atom is 0.356 e. The Hall–Kier alpha value is -4.28. The van der Waals surface area contributed by atoms with Gasteiger partial charge in [-0.15, -0.1) is 0 Å². The van der Waals surface area contributed by atoms with Crippen LogP contribution < -0.4 is 25.1 Å². The van der Waals surface area contributed by atoms with Gasteiger partial charge >= 0.3 is 5.90 Å². The number of fused-ring (bicyclic) bond motifs is 1. The van der Waals surface area contributed by atoms with Crippen LogP contribution in [-0.4, -0.2) is 107 Å². The van der Waals surface area contributed by atoms with E-state index in [1.807, 2.05) is 27.7 Å². The predicted molar refractivity (Wildman–Crippen MR) is 213 cm³/mol. The molecule has 1 saturated heterocycles. The van der Waals surface area contributed by atoms with Crippen molar-refractivity contribution < 1.29 is 42.7 Å². The minimum absolute atomic E-state index is 0.0120. The first-order valence-electron chi connectivity index (χ1n) is 20.0. The van der Waals surface area contributed by atoms with Crippen molar-refractivity contribution in [1.82, 2.24) is 25.2 Å². The summed E-state index contributed by atoms with van der Waals surface area (Å²) in [6.45, 7) is 7.38. The van der Waals surface area contributed by atoms with E-state index in [1.54, 1.807) is 30.3 Å². The molecule has 3 fully saturated rings. The maximum atomic E-state index is 14.9. The molecule has 0 radical (unpaired) electrons. The highest BCUT2D eigenvalue weighted by Gasteiger charge is 2.48. The zero-order valence-corrected chi connectivity index (χ0v) is 34.5. The molecular weight excluding hydrogens is 774 g/mol. The fraction of sp³-hybridized carbons (Fsp3) is 0.600. The minimum Gasteiger partial charge on any atom is -0.472 e. The van der Waals surface area contributed by atoms with Crippen molar-refractivity contribution in [3.8, 4) is 5.88 Å². The molecule has 0 bridgehead atoms. The summed E-state index contributed by atoms with van der Waals surface area (Å²) in [5.74, 6) is -1.71. The van der Waals surface area contributed by atoms with Gasteiger partial charge < -0.3 is 30.5 Å². The normalized spacial score (nSPS) is 23.9. The lowest BCUT2D eigenvalue weighted by atomic mass is 9.82. The number of pyridine rings is 1. The second-order valence-corrected chi connectivity index (χ2v) is 18.8. The van der Waals surface area contributed by atoms with Gasteiger partial charge in [0.2, 0.25) is 17.7 Å². The number of aliphatic imine (C=N–C) groups is 1. The van der Waals surface area contributed by atoms with E-state index in [4.69, 9.17) is 21.3 Å². The number of nitrogens with one attached hydrogen (secondary N) is 4. The van der Waals surface area contributed by atoms with Crippen LogP contribution in [0.1, 0.15) is 97.5 Å². The molecule has 310 valence electrons. The first-order chi connectivity index (χ1) is 27.0. The third-order valence-corrected chi connectivity index (χ3v) is 12.7. The molecule has 2 aliphatic carbocycles. The van der Waals surface area contributed by atoms with Gasteiger partial charge in [0.15, 0.2) is 18.2 Å². The smallest absolute Gasteiger partial charge is 0.356 e. The number of halogens is 1. The second kappa shape index (κ2) is 17.7. The van der Waals surface area contributed by atoms with Crippen molar-refractivity contribution >= 4 is 51.1 Å². The number of carbonyl (C=O) groups is 3. The summed E-state index contributed by atoms with van der Waals surface area (Å²) in [6, 6.07) is 5.79. The molecule has 3 amide bonds. The van der Waals surface area contributed by atoms with E-state index in [0.717, 1.165) is 32.1 Å². The van der Waals surface area contributed by atoms with Crippen molar-refractivity contribution in [2.75, 3.05) is 6.54 Å². The number of sulfonamides is 1. The van der Waals surface area contributed by atoms with Gasteiger partial charge in [0.05, 0.1) is 16.5 Å². The molecular formula is C40H55ClN7O8S+. The fourth-order valence-corrected chi connectivity index (χ4v) is 9.18. The Morgan fingerprint density at radius 3 is 2.46 bits per heavy atom. The molecule has 6 rings (SSSR count). The lowest BCUT2D eigenvalue weighted by molar-refractivity contribution is -0.524. The molecule has 2 saturated carbocycles. The first-order valence-corrected chi connectivity index (χ1v) is 21.8. The Kier molecular flexibility index (Phi) is 13.1. The fourth-order valence-electron chi connectivity index (χ4n) is 7.83. The van der Waals surface area contributed by atoms with Crippen LogP contribution in [-0.2, 0) is 24.4 Å². The number of aromatic nitrogens is 1. The molecule has 4 aliphatic rings. The number of aliphatic hydroxyl groups excluding tert-OH is 2. The van der Waals surface area contributed by atoms with Crippen LogP contribution in [0, 0.1) is 11.3 Å². The summed E-state index contributed by atoms with van der Waals surface area (Å²) in [7, 11) is -3.86. The van der Waals surface area contributed by atoms with Crippen molar-refractivity contribution in [3.05, 3.63) is 53.2 Å². The quantitative estimate of drug-likeness (QED) is 0.122. The van der Waals surface area contributed by atoms with Crippen LogP contribution in [0.3, 0.4) is 0 Å². The summed E-state index contributed by atoms with van der Waals surface area (Å²) in [5.41, 5.74) is -0.462. The number of hydrogen-bond donors (Lipinski definition) is 6. The van der Waals surface area contributed by atoms with Crippen LogP contribution in [0.4, 0.5) is 0 Å². The first kappa shape index (κ1) is 42.3. The van der Waals surface area contributed by atoms with E-state index in [2.05, 4.69) is 25.3 Å². The number of ether oxygens (including phenoxy) is 1. The number of hydrogen-bond acceptors (Lipinski definition) is 9. The molecule has 3 heterocycles. The molecule has 1 aromatic carbocycles. The monoisotopic (exact) mass is 828 g/mol. The number of amides is 3. The number of carbonyl (C=O) groups excluding carboxylic acids is 3. The average molecular weight is 829 g/mol. The number of aliphatic hydroxyl groups is 2. The number of rotatable bonds is 14. The summed E-state index contributed by atoms with van der Waals surface area (Å²) < 4.78 is 34.6. The molecule has 17 heteroatoms. The number of benzene rings is 1. The summed E-state index contributed by atoms with van der Waals surface area (Å²) in [6.07, 6.45) is 6.31. The van der Waals surface area contributed by atoms with Crippen LogP contribution in [0.5, 0.6) is 5.88 Å². The molecule has 2 unspecified atom stereocenters. The molecule has 2 aliphatic heterocycles. The van der Waals surface area contributed by atoms with Gasteiger partial charge in [-0.25, -0.2) is 18.4 Å². The number of likely N-dealkylation sites (tertiary alicyclic amines) is 1. The SMILES string of the molecule is CCC[C@H]([NH+]=C(O)[C@@H]1C[C@@H](Oc2ccc(Cl)cn2)CN1C(=O)C(NC(=O)[C@@H](N=C1NS(=O)(=O)c2ccccc21)C1CCCCC1)C(C)(C)C)C(O)C(=O)NC1CC1. The highest BCUT2D eigenvalue weighted by molar-refractivity contribution is 7.90. The van der Waals surface area contributed by atoms with Gasteiger partial charge in [-0.1, -0.05) is 70.7 Å². The Labute approximate surface area is 339 Å². The molecule has 15 nitrogen and oxygen atoms in total. The van der Waals surface area contributed by atoms with Crippen LogP contribution in [0.15, 0.2) is 52.5 Å². The molecule has 2 aromatic rings. The molecule has 1 aromatic heterocycles. The number of amidine groups is 1. The predicted octanol–water partition coefficient (Wildman–Crippen LogP) is 2.15. The topological polar surface area (TPSA) is 214 Å². The highest BCUT2D eigenvalue weighted by atomic mass is 35.5. The van der Waals surface area contributed by atoms with Crippen LogP contribution in [0.2, 0.25) is 5.02 Å². The van der Waals surface area contributed by atoms with Gasteiger partial charge in [-0.2, -0.15) is 0 Å². The maximum absolute atomic E-state index is 14.9. The summed E-state index contributed by atoms with van der Waals surface area (Å²) in [4.78, 5) is 55.8. The zero-order chi connectivity index (χ0) is 41.1. The van der Waals surface area contributed by atoms with E-state index in [0.29, 0.717) is 36.3 Å². The summed E-state index contributed by atoms with van der Waals surface area (Å²) >= 11 is 6.05. The standard InChI is InChI=1S/C40H54ClN7O8S/c1-5-11-28(33(49)38(52)43-25-17-18-25)44-36(50)29-20-26(56-31-19-16-24(41)21-42-31)22-48(29)39(53)34(40(2,3)4)46-37(51)32(23-12-7-6-8-13-23)45-35-27-14-9-10-15-30(27)57(54,55)47-35/h9-10,14-16,19,21,23,25-26,28-29,32-34,49H,5-8,11-13,17-18,20,22H2,1-4H3,(H,43,52)(H,44,50)(H,45,47)(H,46,51)/p+1/t26-,28+,29+,32+,33?,34?/m1/s1. The molecule has 57 heavy (non-hydrogen) atoms. The Morgan fingerprint density at radius 1 is 1.09 bits per heavy atom. The van der Waals surface area contributed by atoms with Gasteiger partial charge in [0.25, 0.3) is 15.9 Å². The zero-order valence-electron chi connectivity index (χ0n) is 32.9. The molecule has 6 N–H and O–H groups in total. The Morgan fingerprint density at radius 2 is 1.81 bits per heavy atom. The lowest BCUT2D eigenvalue weighted by Gasteiger charge is -2.36. The van der Waals surface area contributed by atoms with E-state index >= 15 is 0 Å². The summed E-state index contributed by atoms with van der Waals surface area (Å²) in [5, 5.41) is 29.0. The third kappa shape index (κ3) is 10.2. The van der Waals surface area contributed by atoms with Crippen molar-refractivity contribution in [3.63, 3.8) is 0 Å². The van der Waals surface area contributed by atoms with E-state index in [9.17, 15) is 33.0 Å². The highest BCUT2D eigenvalue weighted by Crippen LogP contribution is 2.32. The van der Waals surface area contributed by atoms with Crippen molar-refractivity contribution in [2.45, 2.75) is 139 Å². The van der Waals surface area contributed by atoms with Gasteiger partial charge in [-0.05, 0) is 61.6 Å². The average Bonchev–Trinajstić information content (AvgIpc) is 3.83. The van der Waals surface area contributed by atoms with Crippen LogP contribution >= 0.6 is 11.6 Å². The molecule has 0 spiro atoms. The largest absolute Gasteiger partial charge is 0.472 e. The van der Waals surface area contributed by atoms with Crippen molar-refractivity contribution in [1.29, 1.82) is 0 Å². The third-order valence-electron chi connectivity index (χ3n) is 11.1. The Balaban J connectivity index is 1.30. The van der Waals surface area contributed by atoms with Gasteiger partial charge in [0.1, 0.15) is 24.0 Å². The van der Waals surface area contributed by atoms with Gasteiger partial charge in [-0.3, -0.25) is 24.1 Å². The van der Waals surface area contributed by atoms with E-state index in [1.165, 1.54) is 17.2 Å². The second-order valence-electron chi connectivity index (χ2n) is 16.7. The van der Waals surface area contributed by atoms with E-state index in [-0.39, 0.29) is 47.4 Å². The lowest BCUT2D eigenvalue weighted by Crippen LogP contribution is -2.86. The minimum atomic E-state index is -3.86. The Bertz CT molecular complexity index is 1960. The number of nitrogens with zero attached hydrogens (tertiary/aromatic N) is 3.